The van der Waals surface area contributed by atoms with Gasteiger partial charge in [0.2, 0.25) is 0 Å². The van der Waals surface area contributed by atoms with Gasteiger partial charge in [-0.1, -0.05) is 30.3 Å². The first-order chi connectivity index (χ1) is 13.5. The molecule has 1 unspecified atom stereocenters. The van der Waals surface area contributed by atoms with Crippen LogP contribution < -0.4 is 9.47 Å². The third-order valence-corrected chi connectivity index (χ3v) is 4.65. The first-order valence-corrected chi connectivity index (χ1v) is 8.70. The molecule has 1 saturated heterocycles. The smallest absolute Gasteiger partial charge is 0.295 e. The van der Waals surface area contributed by atoms with Crippen molar-refractivity contribution in [3.63, 3.8) is 0 Å². The summed E-state index contributed by atoms with van der Waals surface area (Å²) in [5, 5.41) is 20.3. The lowest BCUT2D eigenvalue weighted by Gasteiger charge is -2.24. The average molecular weight is 383 g/mol. The van der Waals surface area contributed by atoms with Gasteiger partial charge in [-0.05, 0) is 23.8 Å². The maximum atomic E-state index is 12.7. The van der Waals surface area contributed by atoms with Crippen molar-refractivity contribution in [2.24, 2.45) is 0 Å². The summed E-state index contributed by atoms with van der Waals surface area (Å²) in [4.78, 5) is 26.5. The van der Waals surface area contributed by atoms with Crippen LogP contribution in [-0.2, 0) is 9.59 Å². The molecule has 0 saturated carbocycles. The van der Waals surface area contributed by atoms with Crippen molar-refractivity contribution in [3.8, 4) is 11.5 Å². The Morgan fingerprint density at radius 1 is 1.04 bits per heavy atom. The van der Waals surface area contributed by atoms with E-state index in [1.807, 2.05) is 6.07 Å². The zero-order valence-electron chi connectivity index (χ0n) is 15.6. The molecule has 2 N–H and O–H groups in total. The van der Waals surface area contributed by atoms with Gasteiger partial charge in [0.05, 0.1) is 32.4 Å². The summed E-state index contributed by atoms with van der Waals surface area (Å²) in [5.74, 6) is -1.01. The molecule has 2 aromatic rings. The molecule has 28 heavy (non-hydrogen) atoms. The number of nitrogens with zero attached hydrogens (tertiary/aromatic N) is 1. The molecular formula is C21H21NO6. The molecule has 7 nitrogen and oxygen atoms in total. The fourth-order valence-electron chi connectivity index (χ4n) is 3.34. The second-order valence-corrected chi connectivity index (χ2v) is 6.20. The second kappa shape index (κ2) is 8.14. The van der Waals surface area contributed by atoms with Gasteiger partial charge in [-0.25, -0.2) is 0 Å². The molecule has 0 radical (unpaired) electrons. The third-order valence-electron chi connectivity index (χ3n) is 4.65. The minimum absolute atomic E-state index is 0.0210. The quantitative estimate of drug-likeness (QED) is 0.451. The zero-order valence-corrected chi connectivity index (χ0v) is 15.6. The van der Waals surface area contributed by atoms with E-state index < -0.39 is 17.7 Å². The Morgan fingerprint density at radius 2 is 1.71 bits per heavy atom. The molecular weight excluding hydrogens is 362 g/mol. The van der Waals surface area contributed by atoms with Gasteiger partial charge < -0.3 is 24.6 Å². The van der Waals surface area contributed by atoms with Crippen LogP contribution in [0.5, 0.6) is 11.5 Å². The van der Waals surface area contributed by atoms with Gasteiger partial charge in [-0.3, -0.25) is 9.59 Å². The van der Waals surface area contributed by atoms with Gasteiger partial charge in [-0.15, -0.1) is 0 Å². The Hall–Kier alpha value is -3.32. The van der Waals surface area contributed by atoms with Crippen LogP contribution in [0.25, 0.3) is 5.76 Å². The molecule has 1 heterocycles. The lowest BCUT2D eigenvalue weighted by molar-refractivity contribution is -0.140. The molecule has 1 fully saturated rings. The first-order valence-electron chi connectivity index (χ1n) is 8.70. The molecule has 1 amide bonds. The Balaban J connectivity index is 2.18. The molecule has 1 atom stereocenters. The highest BCUT2D eigenvalue weighted by atomic mass is 16.5. The van der Waals surface area contributed by atoms with Crippen molar-refractivity contribution < 1.29 is 29.3 Å². The Morgan fingerprint density at radius 3 is 2.32 bits per heavy atom. The Kier molecular flexibility index (Phi) is 5.65. The first kappa shape index (κ1) is 19.4. The van der Waals surface area contributed by atoms with E-state index >= 15 is 0 Å². The number of Topliss-reactive ketones (excluding diaryl/α,β-unsaturated/α-hetero) is 1. The van der Waals surface area contributed by atoms with Gasteiger partial charge in [0, 0.05) is 12.1 Å². The van der Waals surface area contributed by atoms with Gasteiger partial charge in [0.25, 0.3) is 11.7 Å². The number of amides is 1. The summed E-state index contributed by atoms with van der Waals surface area (Å²) in [6.07, 6.45) is 0. The van der Waals surface area contributed by atoms with Crippen LogP contribution in [0.3, 0.4) is 0 Å². The van der Waals surface area contributed by atoms with Crippen molar-refractivity contribution in [1.29, 1.82) is 0 Å². The number of methoxy groups -OCH3 is 2. The van der Waals surface area contributed by atoms with Gasteiger partial charge >= 0.3 is 0 Å². The minimum Gasteiger partial charge on any atom is -0.507 e. The van der Waals surface area contributed by atoms with Crippen LogP contribution in [-0.4, -0.2) is 54.2 Å². The van der Waals surface area contributed by atoms with E-state index in [2.05, 4.69) is 0 Å². The van der Waals surface area contributed by atoms with E-state index in [-0.39, 0.29) is 24.5 Å². The zero-order chi connectivity index (χ0) is 20.3. The van der Waals surface area contributed by atoms with E-state index in [1.165, 1.54) is 25.2 Å². The number of aliphatic hydroxyl groups excluding tert-OH is 2. The number of likely N-dealkylation sites (tertiary alicyclic amines) is 1. The van der Waals surface area contributed by atoms with Crippen molar-refractivity contribution >= 4 is 17.4 Å². The number of hydrogen-bond acceptors (Lipinski definition) is 6. The Labute approximate surface area is 162 Å². The van der Waals surface area contributed by atoms with Crippen LogP contribution in [0.4, 0.5) is 0 Å². The maximum Gasteiger partial charge on any atom is 0.295 e. The highest BCUT2D eigenvalue weighted by Crippen LogP contribution is 2.40. The van der Waals surface area contributed by atoms with Crippen LogP contribution in [0.2, 0.25) is 0 Å². The van der Waals surface area contributed by atoms with E-state index in [4.69, 9.17) is 9.47 Å². The normalized spacial score (nSPS) is 18.4. The number of aliphatic hydroxyl groups is 2. The molecule has 3 rings (SSSR count). The highest BCUT2D eigenvalue weighted by Gasteiger charge is 2.45. The highest BCUT2D eigenvalue weighted by molar-refractivity contribution is 6.46. The van der Waals surface area contributed by atoms with Gasteiger partial charge in [0.15, 0.2) is 11.5 Å². The number of carbonyl (C=O) groups excluding carboxylic acids is 2. The topological polar surface area (TPSA) is 96.3 Å². The van der Waals surface area contributed by atoms with Crippen LogP contribution in [0.15, 0.2) is 54.1 Å². The van der Waals surface area contributed by atoms with Crippen LogP contribution in [0.1, 0.15) is 17.2 Å². The monoisotopic (exact) mass is 383 g/mol. The second-order valence-electron chi connectivity index (χ2n) is 6.20. The summed E-state index contributed by atoms with van der Waals surface area (Å²) in [5.41, 5.74) is 0.953. The molecule has 1 aliphatic heterocycles. The molecule has 0 aliphatic carbocycles. The number of hydrogen-bond donors (Lipinski definition) is 2. The molecule has 1 aliphatic rings. The summed E-state index contributed by atoms with van der Waals surface area (Å²) < 4.78 is 10.4. The fraction of sp³-hybridized carbons (Fsp3) is 0.238. The van der Waals surface area contributed by atoms with Crippen molar-refractivity contribution in [1.82, 2.24) is 4.90 Å². The molecule has 0 spiro atoms. The van der Waals surface area contributed by atoms with Gasteiger partial charge in [0.1, 0.15) is 5.76 Å². The number of ketones is 1. The number of carbonyl (C=O) groups is 2. The molecule has 0 bridgehead atoms. The standard InChI is InChI=1S/C21H21NO6/c1-27-15-9-8-14(12-16(15)28-2)19(24)17-18(13-6-4-3-5-7-13)22(10-11-23)21(26)20(17)25/h3-9,12,18,23-24H,10-11H2,1-2H3. The minimum atomic E-state index is -0.797. The summed E-state index contributed by atoms with van der Waals surface area (Å²) in [6.45, 7) is -0.320. The molecule has 2 aromatic carbocycles. The Bertz CT molecular complexity index is 922. The SMILES string of the molecule is COc1ccc(C(O)=C2C(=O)C(=O)N(CCO)C2c2ccccc2)cc1OC. The number of rotatable bonds is 6. The summed E-state index contributed by atoms with van der Waals surface area (Å²) >= 11 is 0. The lowest BCUT2D eigenvalue weighted by Crippen LogP contribution is -2.32. The van der Waals surface area contributed by atoms with Crippen molar-refractivity contribution in [3.05, 3.63) is 65.2 Å². The number of β-amino-alcohol motifs (C(OH)–C–C–N with tert-alkyl or cyclic N) is 1. The predicted octanol–water partition coefficient (Wildman–Crippen LogP) is 2.12. The van der Waals surface area contributed by atoms with E-state index in [0.29, 0.717) is 22.6 Å². The summed E-state index contributed by atoms with van der Waals surface area (Å²) in [7, 11) is 2.96. The van der Waals surface area contributed by atoms with E-state index in [0.717, 1.165) is 0 Å². The number of benzene rings is 2. The van der Waals surface area contributed by atoms with E-state index in [1.54, 1.807) is 36.4 Å². The van der Waals surface area contributed by atoms with E-state index in [9.17, 15) is 19.8 Å². The third kappa shape index (κ3) is 3.32. The van der Waals surface area contributed by atoms with Crippen LogP contribution in [0, 0.1) is 0 Å². The van der Waals surface area contributed by atoms with Crippen molar-refractivity contribution in [2.75, 3.05) is 27.4 Å². The predicted molar refractivity (Wildman–Crippen MR) is 102 cm³/mol. The molecule has 0 aromatic heterocycles. The summed E-state index contributed by atoms with van der Waals surface area (Å²) in [6, 6.07) is 12.8. The molecule has 146 valence electrons. The largest absolute Gasteiger partial charge is 0.507 e. The van der Waals surface area contributed by atoms with Crippen LogP contribution >= 0.6 is 0 Å². The number of ether oxygens (including phenoxy) is 2. The van der Waals surface area contributed by atoms with Gasteiger partial charge in [-0.2, -0.15) is 0 Å². The molecule has 7 heteroatoms. The average Bonchev–Trinajstić information content (AvgIpc) is 2.98. The maximum absolute atomic E-state index is 12.7. The fourth-order valence-corrected chi connectivity index (χ4v) is 3.34. The lowest BCUT2D eigenvalue weighted by atomic mass is 9.95. The van der Waals surface area contributed by atoms with Crippen molar-refractivity contribution in [2.45, 2.75) is 6.04 Å².